The zero-order valence-corrected chi connectivity index (χ0v) is 16.1. The molecule has 27 heavy (non-hydrogen) atoms. The molecule has 0 aliphatic carbocycles. The highest BCUT2D eigenvalue weighted by Gasteiger charge is 2.09. The fourth-order valence-electron chi connectivity index (χ4n) is 2.18. The van der Waals surface area contributed by atoms with Crippen LogP contribution < -0.4 is 0 Å². The highest BCUT2D eigenvalue weighted by Crippen LogP contribution is 2.40. The minimum atomic E-state index is 0.0746. The molecule has 0 amide bonds. The van der Waals surface area contributed by atoms with Gasteiger partial charge in [0.05, 0.1) is 25.3 Å². The Bertz CT molecular complexity index is 1100. The van der Waals surface area contributed by atoms with Crippen LogP contribution in [0, 0.1) is 35.8 Å². The number of hydrogen-bond acceptors (Lipinski definition) is 5. The molecule has 3 heterocycles. The van der Waals surface area contributed by atoms with Crippen LogP contribution in [0.5, 0.6) is 0 Å². The average molecular weight is 401 g/mol. The van der Waals surface area contributed by atoms with Crippen molar-refractivity contribution in [3.8, 4) is 31.6 Å². The minimum absolute atomic E-state index is 0.0746. The van der Waals surface area contributed by atoms with Gasteiger partial charge < -0.3 is 0 Å². The summed E-state index contributed by atoms with van der Waals surface area (Å²) in [6, 6.07) is 15.6. The standard InChI is InChI=1S/C20H8N4S3/c1-23-13(11-21)9-15-3-5-17(25-15)19-7-8-20(27-19)18-6-4-16(26-18)10-14(12-22)24-2/h3-10H/b13-9-,14-10+. The number of hydrogen-bond donors (Lipinski definition) is 0. The summed E-state index contributed by atoms with van der Waals surface area (Å²) in [6.07, 6.45) is 3.19. The first-order valence-corrected chi connectivity index (χ1v) is 9.90. The highest BCUT2D eigenvalue weighted by molar-refractivity contribution is 7.26. The van der Waals surface area contributed by atoms with E-state index in [2.05, 4.69) is 21.8 Å². The molecule has 0 saturated heterocycles. The zero-order valence-electron chi connectivity index (χ0n) is 13.6. The number of thiophene rings is 3. The van der Waals surface area contributed by atoms with Crippen LogP contribution in [0.15, 0.2) is 47.8 Å². The monoisotopic (exact) mass is 400 g/mol. The van der Waals surface area contributed by atoms with Crippen molar-refractivity contribution in [3.63, 3.8) is 0 Å². The maximum atomic E-state index is 8.87. The van der Waals surface area contributed by atoms with E-state index in [1.807, 2.05) is 36.4 Å². The van der Waals surface area contributed by atoms with Crippen molar-refractivity contribution >= 4 is 46.2 Å². The van der Waals surface area contributed by atoms with Crippen LogP contribution >= 0.6 is 34.0 Å². The van der Waals surface area contributed by atoms with Gasteiger partial charge in [0.2, 0.25) is 0 Å². The van der Waals surface area contributed by atoms with E-state index in [0.29, 0.717) is 0 Å². The molecule has 0 N–H and O–H groups in total. The third kappa shape index (κ3) is 4.21. The summed E-state index contributed by atoms with van der Waals surface area (Å²) in [5.41, 5.74) is 0.149. The summed E-state index contributed by atoms with van der Waals surface area (Å²) in [6.45, 7) is 13.9. The molecule has 126 valence electrons. The Morgan fingerprint density at radius 3 is 1.44 bits per heavy atom. The van der Waals surface area contributed by atoms with Crippen LogP contribution in [0.2, 0.25) is 0 Å². The van der Waals surface area contributed by atoms with Gasteiger partial charge in [0.25, 0.3) is 11.4 Å². The third-order valence-corrected chi connectivity index (χ3v) is 6.91. The van der Waals surface area contributed by atoms with Crippen molar-refractivity contribution in [2.24, 2.45) is 0 Å². The van der Waals surface area contributed by atoms with Crippen molar-refractivity contribution < 1.29 is 0 Å². The molecule has 0 saturated carbocycles. The van der Waals surface area contributed by atoms with E-state index in [0.717, 1.165) is 29.3 Å². The Labute approximate surface area is 168 Å². The van der Waals surface area contributed by atoms with E-state index < -0.39 is 0 Å². The van der Waals surface area contributed by atoms with Crippen LogP contribution in [0.25, 0.3) is 41.4 Å². The summed E-state index contributed by atoms with van der Waals surface area (Å²) >= 11 is 4.73. The molecule has 4 nitrogen and oxygen atoms in total. The Kier molecular flexibility index (Phi) is 5.62. The summed E-state index contributed by atoms with van der Waals surface area (Å²) in [7, 11) is 0. The Morgan fingerprint density at radius 1 is 0.704 bits per heavy atom. The van der Waals surface area contributed by atoms with Gasteiger partial charge in [-0.3, -0.25) is 0 Å². The van der Waals surface area contributed by atoms with Gasteiger partial charge in [0.15, 0.2) is 0 Å². The maximum absolute atomic E-state index is 8.87. The molecule has 0 atom stereocenters. The molecule has 0 aliphatic heterocycles. The zero-order chi connectivity index (χ0) is 19.2. The summed E-state index contributed by atoms with van der Waals surface area (Å²) < 4.78 is 0. The Balaban J connectivity index is 1.85. The van der Waals surface area contributed by atoms with Gasteiger partial charge in [-0.2, -0.15) is 0 Å². The van der Waals surface area contributed by atoms with Gasteiger partial charge in [0, 0.05) is 29.3 Å². The van der Waals surface area contributed by atoms with Crippen molar-refractivity contribution in [3.05, 3.63) is 80.4 Å². The lowest BCUT2D eigenvalue weighted by molar-refractivity contribution is 1.51. The highest BCUT2D eigenvalue weighted by atomic mass is 32.1. The summed E-state index contributed by atoms with van der Waals surface area (Å²) in [4.78, 5) is 12.5. The number of nitriles is 2. The molecule has 3 aromatic heterocycles. The fraction of sp³-hybridized carbons (Fsp3) is 0. The summed E-state index contributed by atoms with van der Waals surface area (Å²) in [5.74, 6) is 0. The van der Waals surface area contributed by atoms with Crippen molar-refractivity contribution in [2.75, 3.05) is 0 Å². The van der Waals surface area contributed by atoms with Crippen LogP contribution in [-0.2, 0) is 0 Å². The lowest BCUT2D eigenvalue weighted by Gasteiger charge is -1.91. The van der Waals surface area contributed by atoms with Crippen molar-refractivity contribution in [2.45, 2.75) is 0 Å². The van der Waals surface area contributed by atoms with Gasteiger partial charge in [0.1, 0.15) is 0 Å². The summed E-state index contributed by atoms with van der Waals surface area (Å²) in [5, 5.41) is 17.7. The van der Waals surface area contributed by atoms with E-state index in [1.54, 1.807) is 23.5 Å². The predicted octanol–water partition coefficient (Wildman–Crippen LogP) is 6.77. The quantitative estimate of drug-likeness (QED) is 0.358. The molecule has 0 radical (unpaired) electrons. The van der Waals surface area contributed by atoms with Crippen LogP contribution in [0.3, 0.4) is 0 Å². The molecule has 7 heteroatoms. The van der Waals surface area contributed by atoms with Crippen LogP contribution in [0.4, 0.5) is 0 Å². The van der Waals surface area contributed by atoms with Crippen molar-refractivity contribution in [1.29, 1.82) is 10.5 Å². The second-order valence-electron chi connectivity index (χ2n) is 5.07. The second-order valence-corrected chi connectivity index (χ2v) is 8.39. The van der Waals surface area contributed by atoms with E-state index in [9.17, 15) is 0 Å². The van der Waals surface area contributed by atoms with Gasteiger partial charge in [-0.25, -0.2) is 20.2 Å². The van der Waals surface area contributed by atoms with Gasteiger partial charge in [-0.1, -0.05) is 0 Å². The molecule has 0 bridgehead atoms. The van der Waals surface area contributed by atoms with Gasteiger partial charge in [-0.05, 0) is 48.6 Å². The van der Waals surface area contributed by atoms with E-state index >= 15 is 0 Å². The number of allylic oxidation sites excluding steroid dienone is 2. The molecular formula is C20H8N4S3. The molecule has 3 aromatic rings. The SMILES string of the molecule is [C-]#[N+]/C(C#N)=C\c1ccc(-c2ccc(-c3ccc(/C=C(\C#N)[N+]#[C-])s3)s2)s1. The van der Waals surface area contributed by atoms with Crippen LogP contribution in [-0.4, -0.2) is 0 Å². The first-order chi connectivity index (χ1) is 13.2. The number of rotatable bonds is 4. The second kappa shape index (κ2) is 8.28. The predicted molar refractivity (Wildman–Crippen MR) is 111 cm³/mol. The molecule has 3 rings (SSSR count). The molecule has 0 aromatic carbocycles. The first-order valence-electron chi connectivity index (χ1n) is 7.45. The molecule has 0 spiro atoms. The minimum Gasteiger partial charge on any atom is -0.227 e. The Morgan fingerprint density at radius 2 is 1.07 bits per heavy atom. The molecule has 0 aliphatic rings. The maximum Gasteiger partial charge on any atom is 0.263 e. The smallest absolute Gasteiger partial charge is 0.227 e. The normalized spacial score (nSPS) is 11.3. The topological polar surface area (TPSA) is 56.3 Å². The van der Waals surface area contributed by atoms with Gasteiger partial charge >= 0.3 is 0 Å². The average Bonchev–Trinajstić information content (AvgIpc) is 3.44. The fourth-order valence-corrected chi connectivity index (χ4v) is 5.25. The van der Waals surface area contributed by atoms with E-state index in [4.69, 9.17) is 23.7 Å². The molecular weight excluding hydrogens is 392 g/mol. The first kappa shape index (κ1) is 18.3. The lowest BCUT2D eigenvalue weighted by Crippen LogP contribution is -1.65. The molecule has 0 fully saturated rings. The van der Waals surface area contributed by atoms with E-state index in [1.165, 1.54) is 22.7 Å². The largest absolute Gasteiger partial charge is 0.263 e. The van der Waals surface area contributed by atoms with Gasteiger partial charge in [-0.15, -0.1) is 34.0 Å². The van der Waals surface area contributed by atoms with E-state index in [-0.39, 0.29) is 11.4 Å². The third-order valence-electron chi connectivity index (χ3n) is 3.37. The molecule has 0 unspecified atom stereocenters. The van der Waals surface area contributed by atoms with Crippen LogP contribution in [0.1, 0.15) is 9.75 Å². The van der Waals surface area contributed by atoms with Crippen molar-refractivity contribution in [1.82, 2.24) is 0 Å². The lowest BCUT2D eigenvalue weighted by atomic mass is 10.3. The number of nitrogens with zero attached hydrogens (tertiary/aromatic N) is 4. The Hall–Kier alpha value is -3.46.